The lowest BCUT2D eigenvalue weighted by Gasteiger charge is -2.00. The number of rotatable bonds is 8. The molecule has 2 rings (SSSR count). The van der Waals surface area contributed by atoms with Gasteiger partial charge in [0.15, 0.2) is 0 Å². The number of hydrogen-bond donors (Lipinski definition) is 3. The van der Waals surface area contributed by atoms with Gasteiger partial charge in [0.2, 0.25) is 0 Å². The Balaban J connectivity index is 1.65. The van der Waals surface area contributed by atoms with Crippen LogP contribution >= 0.6 is 0 Å². The van der Waals surface area contributed by atoms with Crippen LogP contribution in [0.25, 0.3) is 0 Å². The van der Waals surface area contributed by atoms with E-state index in [4.69, 9.17) is 5.11 Å². The molecular weight excluding hydrogens is 232 g/mol. The van der Waals surface area contributed by atoms with Gasteiger partial charge in [-0.2, -0.15) is 0 Å². The summed E-state index contributed by atoms with van der Waals surface area (Å²) in [6.45, 7) is 2.45. The molecule has 0 aliphatic rings. The van der Waals surface area contributed by atoms with Gasteiger partial charge in [-0.25, -0.2) is 4.98 Å². The Hall–Kier alpha value is -1.73. The molecule has 3 N–H and O–H groups in total. The third-order valence-corrected chi connectivity index (χ3v) is 2.56. The summed E-state index contributed by atoms with van der Waals surface area (Å²) in [5.41, 5.74) is 2.03. The average Bonchev–Trinajstić information content (AvgIpc) is 3.04. The number of aromatic nitrogens is 5. The number of nitrogens with one attached hydrogen (secondary N) is 2. The SMILES string of the molecule is OCCCn1cc(CNCCc2cnc[nH]2)nn1. The van der Waals surface area contributed by atoms with Gasteiger partial charge in [-0.1, -0.05) is 5.21 Å². The first-order valence-electron chi connectivity index (χ1n) is 6.06. The first kappa shape index (κ1) is 12.7. The van der Waals surface area contributed by atoms with E-state index in [-0.39, 0.29) is 6.61 Å². The highest BCUT2D eigenvalue weighted by Gasteiger charge is 2.00. The average molecular weight is 250 g/mol. The summed E-state index contributed by atoms with van der Waals surface area (Å²) in [6, 6.07) is 0. The van der Waals surface area contributed by atoms with E-state index in [1.807, 2.05) is 12.4 Å². The van der Waals surface area contributed by atoms with Crippen LogP contribution in [-0.2, 0) is 19.5 Å². The van der Waals surface area contributed by atoms with E-state index in [1.165, 1.54) is 0 Å². The number of H-pyrrole nitrogens is 1. The van der Waals surface area contributed by atoms with Crippen molar-refractivity contribution < 1.29 is 5.11 Å². The third-order valence-electron chi connectivity index (χ3n) is 2.56. The van der Waals surface area contributed by atoms with Crippen LogP contribution in [0.1, 0.15) is 17.8 Å². The molecule has 7 heteroatoms. The summed E-state index contributed by atoms with van der Waals surface area (Å²) in [4.78, 5) is 7.02. The molecule has 2 aromatic rings. The molecule has 18 heavy (non-hydrogen) atoms. The molecule has 0 unspecified atom stereocenters. The van der Waals surface area contributed by atoms with Crippen molar-refractivity contribution in [2.45, 2.75) is 25.9 Å². The van der Waals surface area contributed by atoms with Crippen molar-refractivity contribution in [2.75, 3.05) is 13.2 Å². The molecule has 0 fully saturated rings. The second-order valence-electron chi connectivity index (χ2n) is 4.05. The number of aromatic amines is 1. The highest BCUT2D eigenvalue weighted by Crippen LogP contribution is 1.95. The molecule has 0 atom stereocenters. The third kappa shape index (κ3) is 3.94. The second kappa shape index (κ2) is 6.87. The minimum Gasteiger partial charge on any atom is -0.396 e. The quantitative estimate of drug-likeness (QED) is 0.560. The molecule has 7 nitrogen and oxygen atoms in total. The number of aryl methyl sites for hydroxylation is 1. The monoisotopic (exact) mass is 250 g/mol. The van der Waals surface area contributed by atoms with Crippen molar-refractivity contribution in [3.63, 3.8) is 0 Å². The number of aliphatic hydroxyl groups is 1. The molecule has 2 heterocycles. The zero-order valence-electron chi connectivity index (χ0n) is 10.2. The molecule has 2 aromatic heterocycles. The van der Waals surface area contributed by atoms with Gasteiger partial charge in [0.25, 0.3) is 0 Å². The Morgan fingerprint density at radius 3 is 3.17 bits per heavy atom. The zero-order valence-corrected chi connectivity index (χ0v) is 10.2. The molecule has 0 aliphatic heterocycles. The van der Waals surface area contributed by atoms with Gasteiger partial charge in [0, 0.05) is 50.7 Å². The predicted molar refractivity (Wildman–Crippen MR) is 65.7 cm³/mol. The van der Waals surface area contributed by atoms with Crippen molar-refractivity contribution in [1.82, 2.24) is 30.3 Å². The van der Waals surface area contributed by atoms with Crippen molar-refractivity contribution in [1.29, 1.82) is 0 Å². The topological polar surface area (TPSA) is 91.7 Å². The Labute approximate surface area is 105 Å². The van der Waals surface area contributed by atoms with Crippen LogP contribution in [0.3, 0.4) is 0 Å². The molecule has 0 spiro atoms. The molecular formula is C11H18N6O. The number of hydrogen-bond acceptors (Lipinski definition) is 5. The molecule has 0 saturated carbocycles. The van der Waals surface area contributed by atoms with E-state index in [0.29, 0.717) is 19.5 Å². The van der Waals surface area contributed by atoms with Crippen LogP contribution < -0.4 is 5.32 Å². The highest BCUT2D eigenvalue weighted by atomic mass is 16.3. The lowest BCUT2D eigenvalue weighted by atomic mass is 10.3. The van der Waals surface area contributed by atoms with E-state index in [9.17, 15) is 0 Å². The van der Waals surface area contributed by atoms with E-state index in [2.05, 4.69) is 25.6 Å². The van der Waals surface area contributed by atoms with Crippen LogP contribution in [-0.4, -0.2) is 43.2 Å². The molecule has 0 aromatic carbocycles. The number of nitrogens with zero attached hydrogens (tertiary/aromatic N) is 4. The van der Waals surface area contributed by atoms with Gasteiger partial charge >= 0.3 is 0 Å². The first-order valence-corrected chi connectivity index (χ1v) is 6.06. The fraction of sp³-hybridized carbons (Fsp3) is 0.545. The Morgan fingerprint density at radius 1 is 1.44 bits per heavy atom. The van der Waals surface area contributed by atoms with Gasteiger partial charge in [-0.05, 0) is 6.42 Å². The van der Waals surface area contributed by atoms with Gasteiger partial charge in [0.05, 0.1) is 12.0 Å². The maximum atomic E-state index is 8.72. The van der Waals surface area contributed by atoms with Gasteiger partial charge < -0.3 is 15.4 Å². The summed E-state index contributed by atoms with van der Waals surface area (Å²) in [7, 11) is 0. The van der Waals surface area contributed by atoms with Gasteiger partial charge in [-0.3, -0.25) is 4.68 Å². The number of imidazole rings is 1. The molecule has 0 saturated heterocycles. The predicted octanol–water partition coefficient (Wildman–Crippen LogP) is -0.284. The molecule has 98 valence electrons. The Morgan fingerprint density at radius 2 is 2.39 bits per heavy atom. The molecule has 0 aliphatic carbocycles. The van der Waals surface area contributed by atoms with Crippen LogP contribution in [0.5, 0.6) is 0 Å². The van der Waals surface area contributed by atoms with E-state index >= 15 is 0 Å². The van der Waals surface area contributed by atoms with Crippen LogP contribution in [0.2, 0.25) is 0 Å². The fourth-order valence-corrected chi connectivity index (χ4v) is 1.62. The van der Waals surface area contributed by atoms with Crippen molar-refractivity contribution in [3.05, 3.63) is 30.1 Å². The maximum Gasteiger partial charge on any atom is 0.0964 e. The molecule has 0 radical (unpaired) electrons. The minimum absolute atomic E-state index is 0.178. The van der Waals surface area contributed by atoms with Crippen molar-refractivity contribution in [3.8, 4) is 0 Å². The van der Waals surface area contributed by atoms with E-state index < -0.39 is 0 Å². The Bertz CT molecular complexity index is 438. The summed E-state index contributed by atoms with van der Waals surface area (Å²) in [6.07, 6.45) is 7.03. The number of aliphatic hydroxyl groups excluding tert-OH is 1. The van der Waals surface area contributed by atoms with E-state index in [0.717, 1.165) is 24.4 Å². The lowest BCUT2D eigenvalue weighted by Crippen LogP contribution is -2.17. The van der Waals surface area contributed by atoms with Crippen LogP contribution in [0.4, 0.5) is 0 Å². The smallest absolute Gasteiger partial charge is 0.0964 e. The second-order valence-corrected chi connectivity index (χ2v) is 4.05. The summed E-state index contributed by atoms with van der Waals surface area (Å²) in [5, 5.41) is 20.0. The Kier molecular flexibility index (Phi) is 4.86. The largest absolute Gasteiger partial charge is 0.396 e. The summed E-state index contributed by atoms with van der Waals surface area (Å²) < 4.78 is 1.75. The standard InChI is InChI=1S/C11H18N6O/c18-5-1-4-17-8-11(15-16-17)7-12-3-2-10-6-13-9-14-10/h6,8-9,12,18H,1-5,7H2,(H,13,14). The van der Waals surface area contributed by atoms with Crippen molar-refractivity contribution in [2.24, 2.45) is 0 Å². The lowest BCUT2D eigenvalue weighted by molar-refractivity contribution is 0.276. The fourth-order valence-electron chi connectivity index (χ4n) is 1.62. The van der Waals surface area contributed by atoms with Crippen molar-refractivity contribution >= 4 is 0 Å². The minimum atomic E-state index is 0.178. The zero-order chi connectivity index (χ0) is 12.6. The molecule has 0 bridgehead atoms. The van der Waals surface area contributed by atoms with E-state index in [1.54, 1.807) is 11.0 Å². The normalized spacial score (nSPS) is 10.9. The van der Waals surface area contributed by atoms with Gasteiger partial charge in [0.1, 0.15) is 0 Å². The summed E-state index contributed by atoms with van der Waals surface area (Å²) in [5.74, 6) is 0. The van der Waals surface area contributed by atoms with Gasteiger partial charge in [-0.15, -0.1) is 5.10 Å². The van der Waals surface area contributed by atoms with Crippen LogP contribution in [0, 0.1) is 0 Å². The van der Waals surface area contributed by atoms with Crippen LogP contribution in [0.15, 0.2) is 18.7 Å². The maximum absolute atomic E-state index is 8.72. The summed E-state index contributed by atoms with van der Waals surface area (Å²) >= 11 is 0. The highest BCUT2D eigenvalue weighted by molar-refractivity contribution is 4.95. The first-order chi connectivity index (χ1) is 8.88. The molecule has 0 amide bonds.